The van der Waals surface area contributed by atoms with Gasteiger partial charge in [0.2, 0.25) is 11.8 Å². The van der Waals surface area contributed by atoms with E-state index in [1.807, 2.05) is 6.07 Å². The molecule has 7 nitrogen and oxygen atoms in total. The van der Waals surface area contributed by atoms with E-state index in [0.29, 0.717) is 30.8 Å². The highest BCUT2D eigenvalue weighted by Gasteiger charge is 2.39. The van der Waals surface area contributed by atoms with E-state index < -0.39 is 0 Å². The second kappa shape index (κ2) is 9.04. The minimum Gasteiger partial charge on any atom is -0.299 e. The largest absolute Gasteiger partial charge is 0.299 e. The molecule has 0 spiro atoms. The SMILES string of the molecule is O=C1CCC(N2Cc3c(CN4CCC(c5[nH]nc6cc(F)ccc56)CC4)cccc3C2S)C(=O)N1. The fraction of sp³-hybridized carbons (Fsp3) is 0.423. The van der Waals surface area contributed by atoms with Gasteiger partial charge in [-0.1, -0.05) is 18.2 Å². The second-order valence-electron chi connectivity index (χ2n) is 9.85. The first-order valence-electron chi connectivity index (χ1n) is 12.2. The van der Waals surface area contributed by atoms with Gasteiger partial charge in [0.1, 0.15) is 5.82 Å². The molecule has 2 saturated heterocycles. The number of halogens is 1. The van der Waals surface area contributed by atoms with Crippen LogP contribution < -0.4 is 5.32 Å². The lowest BCUT2D eigenvalue weighted by Gasteiger charge is -2.32. The van der Waals surface area contributed by atoms with Crippen molar-refractivity contribution in [2.24, 2.45) is 0 Å². The summed E-state index contributed by atoms with van der Waals surface area (Å²) in [6.07, 6.45) is 2.93. The molecule has 0 saturated carbocycles. The van der Waals surface area contributed by atoms with Crippen LogP contribution in [0.2, 0.25) is 0 Å². The summed E-state index contributed by atoms with van der Waals surface area (Å²) in [4.78, 5) is 28.7. The lowest BCUT2D eigenvalue weighted by atomic mass is 9.91. The molecule has 2 N–H and O–H groups in total. The van der Waals surface area contributed by atoms with E-state index in [9.17, 15) is 14.0 Å². The Kier molecular flexibility index (Phi) is 5.86. The molecule has 9 heteroatoms. The average molecular weight is 494 g/mol. The fourth-order valence-corrected chi connectivity index (χ4v) is 6.39. The quantitative estimate of drug-likeness (QED) is 0.382. The molecule has 6 rings (SSSR count). The smallest absolute Gasteiger partial charge is 0.243 e. The summed E-state index contributed by atoms with van der Waals surface area (Å²) in [5, 5.41) is 10.8. The van der Waals surface area contributed by atoms with Gasteiger partial charge in [0.25, 0.3) is 0 Å². The van der Waals surface area contributed by atoms with Crippen molar-refractivity contribution in [1.82, 2.24) is 25.3 Å². The van der Waals surface area contributed by atoms with Crippen molar-refractivity contribution in [2.45, 2.75) is 56.1 Å². The molecule has 0 radical (unpaired) electrons. The summed E-state index contributed by atoms with van der Waals surface area (Å²) in [6.45, 7) is 3.46. The third-order valence-corrected chi connectivity index (χ3v) is 8.36. The number of aromatic amines is 1. The van der Waals surface area contributed by atoms with Crippen LogP contribution in [0.1, 0.15) is 59.4 Å². The number of benzene rings is 2. The fourth-order valence-electron chi connectivity index (χ4n) is 5.90. The van der Waals surface area contributed by atoms with E-state index in [4.69, 9.17) is 12.6 Å². The number of imide groups is 1. The van der Waals surface area contributed by atoms with Gasteiger partial charge in [-0.2, -0.15) is 17.7 Å². The summed E-state index contributed by atoms with van der Waals surface area (Å²) in [6, 6.07) is 10.8. The average Bonchev–Trinajstić information content (AvgIpc) is 3.41. The van der Waals surface area contributed by atoms with E-state index >= 15 is 0 Å². The summed E-state index contributed by atoms with van der Waals surface area (Å²) >= 11 is 4.85. The van der Waals surface area contributed by atoms with E-state index in [-0.39, 0.29) is 29.0 Å². The van der Waals surface area contributed by atoms with Crippen LogP contribution in [-0.4, -0.2) is 50.9 Å². The van der Waals surface area contributed by atoms with Crippen molar-refractivity contribution >= 4 is 35.3 Å². The highest BCUT2D eigenvalue weighted by Crippen LogP contribution is 2.41. The Labute approximate surface area is 208 Å². The Morgan fingerprint density at radius 3 is 2.74 bits per heavy atom. The molecule has 3 aliphatic rings. The number of piperidine rings is 2. The zero-order valence-corrected chi connectivity index (χ0v) is 20.2. The summed E-state index contributed by atoms with van der Waals surface area (Å²) < 4.78 is 13.5. The predicted octanol–water partition coefficient (Wildman–Crippen LogP) is 3.63. The zero-order chi connectivity index (χ0) is 24.1. The van der Waals surface area contributed by atoms with Gasteiger partial charge < -0.3 is 0 Å². The van der Waals surface area contributed by atoms with E-state index in [0.717, 1.165) is 49.1 Å². The predicted molar refractivity (Wildman–Crippen MR) is 133 cm³/mol. The van der Waals surface area contributed by atoms with Gasteiger partial charge in [0.15, 0.2) is 0 Å². The molecule has 2 atom stereocenters. The van der Waals surface area contributed by atoms with Crippen molar-refractivity contribution in [3.8, 4) is 0 Å². The Hall–Kier alpha value is -2.75. The number of carbonyl (C=O) groups excluding carboxylic acids is 2. The Balaban J connectivity index is 1.14. The molecule has 2 amide bonds. The van der Waals surface area contributed by atoms with Crippen LogP contribution in [0.15, 0.2) is 36.4 Å². The van der Waals surface area contributed by atoms with Crippen molar-refractivity contribution in [2.75, 3.05) is 13.1 Å². The number of amides is 2. The van der Waals surface area contributed by atoms with Gasteiger partial charge in [0, 0.05) is 42.6 Å². The molecule has 3 aromatic rings. The Morgan fingerprint density at radius 2 is 1.94 bits per heavy atom. The van der Waals surface area contributed by atoms with Crippen LogP contribution in [0.25, 0.3) is 10.9 Å². The highest BCUT2D eigenvalue weighted by atomic mass is 32.1. The molecule has 3 aliphatic heterocycles. The number of nitrogens with zero attached hydrogens (tertiary/aromatic N) is 3. The number of likely N-dealkylation sites (tertiary alicyclic amines) is 1. The Bertz CT molecular complexity index is 1300. The van der Waals surface area contributed by atoms with Gasteiger partial charge in [-0.15, -0.1) is 0 Å². The van der Waals surface area contributed by atoms with E-state index in [2.05, 4.69) is 43.5 Å². The topological polar surface area (TPSA) is 81.3 Å². The molecule has 0 aliphatic carbocycles. The first kappa shape index (κ1) is 22.7. The van der Waals surface area contributed by atoms with Crippen LogP contribution in [0.5, 0.6) is 0 Å². The maximum Gasteiger partial charge on any atom is 0.243 e. The molecule has 2 fully saturated rings. The lowest BCUT2D eigenvalue weighted by molar-refractivity contribution is -0.137. The highest BCUT2D eigenvalue weighted by molar-refractivity contribution is 7.80. The molecule has 35 heavy (non-hydrogen) atoms. The summed E-state index contributed by atoms with van der Waals surface area (Å²) in [7, 11) is 0. The van der Waals surface area contributed by atoms with Gasteiger partial charge in [-0.05, 0) is 61.2 Å². The van der Waals surface area contributed by atoms with E-state index in [1.54, 1.807) is 0 Å². The molecule has 0 bridgehead atoms. The van der Waals surface area contributed by atoms with Gasteiger partial charge in [-0.3, -0.25) is 29.8 Å². The molecule has 4 heterocycles. The number of H-pyrrole nitrogens is 1. The van der Waals surface area contributed by atoms with Crippen molar-refractivity contribution in [1.29, 1.82) is 0 Å². The molecule has 2 unspecified atom stereocenters. The maximum atomic E-state index is 13.5. The number of nitrogens with one attached hydrogen (secondary N) is 2. The Morgan fingerprint density at radius 1 is 1.11 bits per heavy atom. The third-order valence-electron chi connectivity index (χ3n) is 7.79. The lowest BCUT2D eigenvalue weighted by Crippen LogP contribution is -2.51. The van der Waals surface area contributed by atoms with Crippen molar-refractivity contribution in [3.63, 3.8) is 0 Å². The summed E-state index contributed by atoms with van der Waals surface area (Å²) in [5.74, 6) is -0.294. The minimum absolute atomic E-state index is 0.155. The number of hydrogen-bond acceptors (Lipinski definition) is 6. The van der Waals surface area contributed by atoms with Crippen LogP contribution in [0.4, 0.5) is 4.39 Å². The van der Waals surface area contributed by atoms with Crippen LogP contribution in [0.3, 0.4) is 0 Å². The zero-order valence-electron chi connectivity index (χ0n) is 19.3. The third kappa shape index (κ3) is 4.15. The molecule has 2 aromatic carbocycles. The first-order valence-corrected chi connectivity index (χ1v) is 12.7. The van der Waals surface area contributed by atoms with E-state index in [1.165, 1.54) is 23.3 Å². The van der Waals surface area contributed by atoms with Gasteiger partial charge in [-0.25, -0.2) is 4.39 Å². The van der Waals surface area contributed by atoms with Crippen LogP contribution in [-0.2, 0) is 22.7 Å². The van der Waals surface area contributed by atoms with Crippen molar-refractivity contribution < 1.29 is 14.0 Å². The molecule has 1 aromatic heterocycles. The summed E-state index contributed by atoms with van der Waals surface area (Å²) in [5.41, 5.74) is 5.47. The molecular formula is C26H28FN5O2S. The number of rotatable bonds is 4. The van der Waals surface area contributed by atoms with Crippen LogP contribution in [0, 0.1) is 5.82 Å². The second-order valence-corrected chi connectivity index (χ2v) is 10.3. The van der Waals surface area contributed by atoms with Crippen LogP contribution >= 0.6 is 12.6 Å². The maximum absolute atomic E-state index is 13.5. The number of carbonyl (C=O) groups is 2. The number of aromatic nitrogens is 2. The number of fused-ring (bicyclic) bond motifs is 2. The number of thiol groups is 1. The monoisotopic (exact) mass is 493 g/mol. The standard InChI is InChI=1S/C26H28FN5O2S/c27-17-4-5-19-21(12-17)29-30-24(19)15-8-10-31(11-9-15)13-16-2-1-3-18-20(16)14-32(26(18)35)22-6-7-23(33)28-25(22)34/h1-5,12,15,22,26,35H,6-11,13-14H2,(H,29,30)(H,28,33,34). The molecule has 182 valence electrons. The number of hydrogen-bond donors (Lipinski definition) is 3. The van der Waals surface area contributed by atoms with Gasteiger partial charge >= 0.3 is 0 Å². The molecular weight excluding hydrogens is 465 g/mol. The minimum atomic E-state index is -0.330. The van der Waals surface area contributed by atoms with Gasteiger partial charge in [0.05, 0.1) is 16.9 Å². The normalized spacial score (nSPS) is 24.2. The first-order chi connectivity index (χ1) is 17.0. The van der Waals surface area contributed by atoms with Crippen molar-refractivity contribution in [3.05, 3.63) is 64.6 Å².